The summed E-state index contributed by atoms with van der Waals surface area (Å²) in [6.07, 6.45) is 1.13. The van der Waals surface area contributed by atoms with Crippen molar-refractivity contribution in [1.29, 1.82) is 0 Å². The van der Waals surface area contributed by atoms with E-state index in [-0.39, 0.29) is 18.6 Å². The lowest BCUT2D eigenvalue weighted by atomic mass is 9.97. The molecule has 3 aromatic carbocycles. The van der Waals surface area contributed by atoms with E-state index < -0.39 is 6.10 Å². The number of hydrogen-bond donors (Lipinski definition) is 3. The number of aliphatic hydroxyl groups is 1. The standard InChI is InChI=1S/C32H39N3O6/c1-2-39-31(37)26-8-10-27(11-9-26)34-32(38)35-18-16-24(17-19-35)20-33-21-28(36)23-41-30-14-12-29(13-15-30)40-22-25-6-4-3-5-7-25/h3-15,24,28,33,36H,2,16-23H2,1H3,(H,34,38)/t28-/m0/s1. The molecular formula is C32H39N3O6. The van der Waals surface area contributed by atoms with Crippen LogP contribution in [-0.4, -0.2) is 67.5 Å². The highest BCUT2D eigenvalue weighted by Gasteiger charge is 2.23. The van der Waals surface area contributed by atoms with Gasteiger partial charge in [0, 0.05) is 25.3 Å². The number of rotatable bonds is 13. The third kappa shape index (κ3) is 9.81. The second-order valence-electron chi connectivity index (χ2n) is 10.0. The van der Waals surface area contributed by atoms with E-state index in [2.05, 4.69) is 10.6 Å². The molecule has 1 fully saturated rings. The minimum atomic E-state index is -0.634. The summed E-state index contributed by atoms with van der Waals surface area (Å²) in [6.45, 7) is 5.31. The second kappa shape index (κ2) is 15.6. The van der Waals surface area contributed by atoms with E-state index in [0.29, 0.717) is 55.8 Å². The molecule has 0 radical (unpaired) electrons. The van der Waals surface area contributed by atoms with Crippen LogP contribution in [0.5, 0.6) is 11.5 Å². The van der Waals surface area contributed by atoms with Crippen molar-refractivity contribution in [2.75, 3.05) is 44.7 Å². The van der Waals surface area contributed by atoms with Gasteiger partial charge >= 0.3 is 12.0 Å². The first-order valence-corrected chi connectivity index (χ1v) is 14.1. The van der Waals surface area contributed by atoms with Gasteiger partial charge in [-0.1, -0.05) is 30.3 Å². The second-order valence-corrected chi connectivity index (χ2v) is 10.0. The first kappa shape index (κ1) is 29.9. The summed E-state index contributed by atoms with van der Waals surface area (Å²) in [5, 5.41) is 16.6. The number of carbonyl (C=O) groups is 2. The summed E-state index contributed by atoms with van der Waals surface area (Å²) in [6, 6.07) is 23.9. The van der Waals surface area contributed by atoms with Crippen molar-refractivity contribution < 1.29 is 28.9 Å². The zero-order valence-corrected chi connectivity index (χ0v) is 23.5. The summed E-state index contributed by atoms with van der Waals surface area (Å²) in [5.41, 5.74) is 2.19. The maximum atomic E-state index is 12.7. The Kier molecular flexibility index (Phi) is 11.4. The smallest absolute Gasteiger partial charge is 0.338 e. The first-order valence-electron chi connectivity index (χ1n) is 14.1. The molecule has 4 rings (SSSR count). The maximum Gasteiger partial charge on any atom is 0.338 e. The molecule has 3 N–H and O–H groups in total. The van der Waals surface area contributed by atoms with Crippen molar-refractivity contribution in [3.8, 4) is 11.5 Å². The highest BCUT2D eigenvalue weighted by Crippen LogP contribution is 2.20. The Bertz CT molecular complexity index is 1210. The van der Waals surface area contributed by atoms with Crippen LogP contribution in [0.1, 0.15) is 35.7 Å². The molecule has 2 amide bonds. The van der Waals surface area contributed by atoms with Gasteiger partial charge in [-0.25, -0.2) is 9.59 Å². The van der Waals surface area contributed by atoms with Gasteiger partial charge in [-0.05, 0) is 86.3 Å². The van der Waals surface area contributed by atoms with Crippen LogP contribution in [0.25, 0.3) is 0 Å². The number of amides is 2. The molecule has 1 atom stereocenters. The van der Waals surface area contributed by atoms with Gasteiger partial charge < -0.3 is 34.9 Å². The van der Waals surface area contributed by atoms with Crippen molar-refractivity contribution in [2.45, 2.75) is 32.5 Å². The number of ether oxygens (including phenoxy) is 3. The van der Waals surface area contributed by atoms with Crippen LogP contribution in [-0.2, 0) is 11.3 Å². The molecule has 0 spiro atoms. The summed E-state index contributed by atoms with van der Waals surface area (Å²) in [7, 11) is 0. The summed E-state index contributed by atoms with van der Waals surface area (Å²) in [4.78, 5) is 26.2. The third-order valence-corrected chi connectivity index (χ3v) is 6.88. The number of carbonyl (C=O) groups excluding carboxylic acids is 2. The van der Waals surface area contributed by atoms with Crippen LogP contribution in [0.4, 0.5) is 10.5 Å². The number of piperidine rings is 1. The fourth-order valence-corrected chi connectivity index (χ4v) is 4.53. The molecule has 0 aromatic heterocycles. The van der Waals surface area contributed by atoms with Crippen molar-refractivity contribution in [1.82, 2.24) is 10.2 Å². The quantitative estimate of drug-likeness (QED) is 0.259. The van der Waals surface area contributed by atoms with Gasteiger partial charge in [-0.2, -0.15) is 0 Å². The Labute approximate surface area is 241 Å². The van der Waals surface area contributed by atoms with Gasteiger partial charge in [0.15, 0.2) is 0 Å². The van der Waals surface area contributed by atoms with Crippen molar-refractivity contribution >= 4 is 17.7 Å². The predicted molar refractivity (Wildman–Crippen MR) is 157 cm³/mol. The number of benzene rings is 3. The molecular weight excluding hydrogens is 522 g/mol. The molecule has 0 unspecified atom stereocenters. The van der Waals surface area contributed by atoms with E-state index in [1.54, 1.807) is 36.1 Å². The van der Waals surface area contributed by atoms with E-state index in [9.17, 15) is 14.7 Å². The monoisotopic (exact) mass is 561 g/mol. The Balaban J connectivity index is 1.07. The number of urea groups is 1. The normalized spacial score (nSPS) is 14.2. The van der Waals surface area contributed by atoms with Gasteiger partial charge in [0.1, 0.15) is 30.8 Å². The summed E-state index contributed by atoms with van der Waals surface area (Å²) < 4.78 is 16.5. The van der Waals surface area contributed by atoms with Crippen LogP contribution < -0.4 is 20.1 Å². The van der Waals surface area contributed by atoms with Gasteiger partial charge in [0.25, 0.3) is 0 Å². The first-order chi connectivity index (χ1) is 20.0. The van der Waals surface area contributed by atoms with Gasteiger partial charge in [-0.15, -0.1) is 0 Å². The molecule has 218 valence electrons. The van der Waals surface area contributed by atoms with Crippen molar-refractivity contribution in [3.63, 3.8) is 0 Å². The topological polar surface area (TPSA) is 109 Å². The zero-order valence-electron chi connectivity index (χ0n) is 23.5. The van der Waals surface area contributed by atoms with Crippen LogP contribution in [0.3, 0.4) is 0 Å². The lowest BCUT2D eigenvalue weighted by Crippen LogP contribution is -2.43. The Hall–Kier alpha value is -4.08. The number of hydrogen-bond acceptors (Lipinski definition) is 7. The fourth-order valence-electron chi connectivity index (χ4n) is 4.53. The number of nitrogens with one attached hydrogen (secondary N) is 2. The molecule has 0 bridgehead atoms. The maximum absolute atomic E-state index is 12.7. The van der Waals surface area contributed by atoms with Crippen molar-refractivity contribution in [3.05, 3.63) is 90.0 Å². The van der Waals surface area contributed by atoms with Crippen LogP contribution in [0.15, 0.2) is 78.9 Å². The molecule has 9 heteroatoms. The average Bonchev–Trinajstić information content (AvgIpc) is 3.01. The fraction of sp³-hybridized carbons (Fsp3) is 0.375. The molecule has 9 nitrogen and oxygen atoms in total. The van der Waals surface area contributed by atoms with Gasteiger partial charge in [-0.3, -0.25) is 0 Å². The number of aliphatic hydroxyl groups excluding tert-OH is 1. The molecule has 0 aliphatic carbocycles. The van der Waals surface area contributed by atoms with Crippen LogP contribution >= 0.6 is 0 Å². The molecule has 41 heavy (non-hydrogen) atoms. The summed E-state index contributed by atoms with van der Waals surface area (Å²) in [5.74, 6) is 1.49. The highest BCUT2D eigenvalue weighted by molar-refractivity contribution is 5.92. The average molecular weight is 562 g/mol. The van der Waals surface area contributed by atoms with E-state index >= 15 is 0 Å². The van der Waals surface area contributed by atoms with E-state index in [4.69, 9.17) is 14.2 Å². The lowest BCUT2D eigenvalue weighted by Gasteiger charge is -2.32. The van der Waals surface area contributed by atoms with E-state index in [1.165, 1.54) is 0 Å². The Morgan fingerprint density at radius 3 is 2.24 bits per heavy atom. The molecule has 1 aliphatic heterocycles. The summed E-state index contributed by atoms with van der Waals surface area (Å²) >= 11 is 0. The van der Waals surface area contributed by atoms with Crippen molar-refractivity contribution in [2.24, 2.45) is 5.92 Å². The number of anilines is 1. The molecule has 1 saturated heterocycles. The lowest BCUT2D eigenvalue weighted by molar-refractivity contribution is 0.0526. The number of esters is 1. The number of nitrogens with zero attached hydrogens (tertiary/aromatic N) is 1. The predicted octanol–water partition coefficient (Wildman–Crippen LogP) is 4.72. The van der Waals surface area contributed by atoms with Crippen LogP contribution in [0, 0.1) is 5.92 Å². The molecule has 3 aromatic rings. The van der Waals surface area contributed by atoms with Gasteiger partial charge in [0.2, 0.25) is 0 Å². The third-order valence-electron chi connectivity index (χ3n) is 6.88. The molecule has 1 heterocycles. The van der Waals surface area contributed by atoms with E-state index in [1.807, 2.05) is 54.6 Å². The minimum absolute atomic E-state index is 0.149. The SMILES string of the molecule is CCOC(=O)c1ccc(NC(=O)N2CCC(CNC[C@H](O)COc3ccc(OCc4ccccc4)cc3)CC2)cc1. The minimum Gasteiger partial charge on any atom is -0.491 e. The van der Waals surface area contributed by atoms with E-state index in [0.717, 1.165) is 30.7 Å². The zero-order chi connectivity index (χ0) is 28.9. The molecule has 0 saturated carbocycles. The Morgan fingerprint density at radius 2 is 1.59 bits per heavy atom. The molecule has 1 aliphatic rings. The van der Waals surface area contributed by atoms with Gasteiger partial charge in [0.05, 0.1) is 12.2 Å². The largest absolute Gasteiger partial charge is 0.491 e. The van der Waals surface area contributed by atoms with Crippen LogP contribution in [0.2, 0.25) is 0 Å². The highest BCUT2D eigenvalue weighted by atomic mass is 16.5. The number of likely N-dealkylation sites (tertiary alicyclic amines) is 1. The Morgan fingerprint density at radius 1 is 0.927 bits per heavy atom.